The summed E-state index contributed by atoms with van der Waals surface area (Å²) >= 11 is 0. The van der Waals surface area contributed by atoms with Crippen LogP contribution in [0.3, 0.4) is 0 Å². The molecular weight excluding hydrogens is 408 g/mol. The van der Waals surface area contributed by atoms with Crippen LogP contribution < -0.4 is 10.3 Å². The molecule has 5 rings (SSSR count). The summed E-state index contributed by atoms with van der Waals surface area (Å²) in [6, 6.07) is 19.9. The Kier molecular flexibility index (Phi) is 4.98. The van der Waals surface area contributed by atoms with Crippen molar-refractivity contribution in [2.24, 2.45) is 0 Å². The van der Waals surface area contributed by atoms with Crippen LogP contribution in [-0.4, -0.2) is 55.8 Å². The predicted octanol–water partition coefficient (Wildman–Crippen LogP) is 2.20. The van der Waals surface area contributed by atoms with Crippen molar-refractivity contribution < 1.29 is 9.53 Å². The number of rotatable bonds is 5. The lowest BCUT2D eigenvalue weighted by Gasteiger charge is -2.38. The fraction of sp³-hybridized carbons (Fsp3) is 0.174. The van der Waals surface area contributed by atoms with Crippen LogP contribution in [0.5, 0.6) is 5.75 Å². The summed E-state index contributed by atoms with van der Waals surface area (Å²) in [5.41, 5.74) is 2.26. The van der Waals surface area contributed by atoms with Gasteiger partial charge in [0.15, 0.2) is 5.69 Å². The Hall–Kier alpha value is -4.27. The van der Waals surface area contributed by atoms with E-state index in [1.54, 1.807) is 18.1 Å². The maximum atomic E-state index is 12.8. The van der Waals surface area contributed by atoms with E-state index in [1.165, 1.54) is 21.7 Å². The average Bonchev–Trinajstić information content (AvgIpc) is 3.30. The Labute approximate surface area is 183 Å². The highest BCUT2D eigenvalue weighted by Gasteiger charge is 2.35. The van der Waals surface area contributed by atoms with E-state index < -0.39 is 0 Å². The number of nitrogens with zero attached hydrogens (tertiary/aromatic N) is 6. The van der Waals surface area contributed by atoms with Gasteiger partial charge in [0.1, 0.15) is 5.75 Å². The highest BCUT2D eigenvalue weighted by molar-refractivity contribution is 5.92. The first-order chi connectivity index (χ1) is 15.6. The Morgan fingerprint density at radius 1 is 0.969 bits per heavy atom. The van der Waals surface area contributed by atoms with Crippen LogP contribution in [0.4, 0.5) is 0 Å². The van der Waals surface area contributed by atoms with E-state index in [1.807, 2.05) is 54.6 Å². The standard InChI is InChI=1S/C23H20N6O3/c1-32-21-10-6-5-9-18(21)19-11-12-22(30)28(25-19)17-14-27(15-17)23(31)20-13-24-29(26-20)16-7-3-2-4-8-16/h2-13,17H,14-15H2,1H3. The molecule has 2 aromatic carbocycles. The van der Waals surface area contributed by atoms with Gasteiger partial charge >= 0.3 is 0 Å². The number of hydrogen-bond donors (Lipinski definition) is 0. The molecule has 0 bridgehead atoms. The quantitative estimate of drug-likeness (QED) is 0.484. The van der Waals surface area contributed by atoms with Gasteiger partial charge in [-0.05, 0) is 30.3 Å². The number of hydrogen-bond acceptors (Lipinski definition) is 6. The molecule has 3 heterocycles. The molecule has 9 nitrogen and oxygen atoms in total. The zero-order valence-corrected chi connectivity index (χ0v) is 17.3. The summed E-state index contributed by atoms with van der Waals surface area (Å²) in [7, 11) is 1.60. The summed E-state index contributed by atoms with van der Waals surface area (Å²) in [5, 5.41) is 13.0. The fourth-order valence-corrected chi connectivity index (χ4v) is 3.67. The molecule has 1 fully saturated rings. The Bertz CT molecular complexity index is 1320. The van der Waals surface area contributed by atoms with Crippen molar-refractivity contribution in [2.45, 2.75) is 6.04 Å². The summed E-state index contributed by atoms with van der Waals surface area (Å²) < 4.78 is 6.84. The monoisotopic (exact) mass is 428 g/mol. The molecule has 0 spiro atoms. The average molecular weight is 428 g/mol. The summed E-state index contributed by atoms with van der Waals surface area (Å²) in [6.45, 7) is 0.749. The number of carbonyl (C=O) groups excluding carboxylic acids is 1. The molecule has 0 unspecified atom stereocenters. The van der Waals surface area contributed by atoms with Gasteiger partial charge in [0.25, 0.3) is 11.5 Å². The van der Waals surface area contributed by atoms with Crippen molar-refractivity contribution in [3.8, 4) is 22.7 Å². The normalized spacial score (nSPS) is 13.6. The topological polar surface area (TPSA) is 95.1 Å². The second-order valence-electron chi connectivity index (χ2n) is 7.42. The number of amides is 1. The van der Waals surface area contributed by atoms with Gasteiger partial charge < -0.3 is 9.64 Å². The third kappa shape index (κ3) is 3.53. The second-order valence-corrected chi connectivity index (χ2v) is 7.42. The lowest BCUT2D eigenvalue weighted by molar-refractivity contribution is 0.0487. The SMILES string of the molecule is COc1ccccc1-c1ccc(=O)n(C2CN(C(=O)c3cnn(-c4ccccc4)n3)C2)n1. The molecule has 0 radical (unpaired) electrons. The van der Waals surface area contributed by atoms with Crippen LogP contribution >= 0.6 is 0 Å². The van der Waals surface area contributed by atoms with E-state index in [9.17, 15) is 9.59 Å². The lowest BCUT2D eigenvalue weighted by Crippen LogP contribution is -2.53. The predicted molar refractivity (Wildman–Crippen MR) is 117 cm³/mol. The van der Waals surface area contributed by atoms with Crippen molar-refractivity contribution in [3.05, 3.63) is 89.0 Å². The molecular formula is C23H20N6O3. The smallest absolute Gasteiger partial charge is 0.276 e. The van der Waals surface area contributed by atoms with Gasteiger partial charge in [-0.2, -0.15) is 15.0 Å². The van der Waals surface area contributed by atoms with E-state index in [-0.39, 0.29) is 23.2 Å². The number of aromatic nitrogens is 5. The van der Waals surface area contributed by atoms with Crippen LogP contribution in [0.1, 0.15) is 16.5 Å². The van der Waals surface area contributed by atoms with E-state index in [0.29, 0.717) is 24.5 Å². The van der Waals surface area contributed by atoms with Crippen molar-refractivity contribution in [2.75, 3.05) is 20.2 Å². The minimum absolute atomic E-state index is 0.203. The molecule has 160 valence electrons. The van der Waals surface area contributed by atoms with E-state index in [2.05, 4.69) is 15.3 Å². The summed E-state index contributed by atoms with van der Waals surface area (Å²) in [4.78, 5) is 28.3. The van der Waals surface area contributed by atoms with Gasteiger partial charge in [-0.3, -0.25) is 9.59 Å². The maximum Gasteiger partial charge on any atom is 0.276 e. The van der Waals surface area contributed by atoms with Crippen molar-refractivity contribution >= 4 is 5.91 Å². The van der Waals surface area contributed by atoms with Crippen molar-refractivity contribution in [1.29, 1.82) is 0 Å². The molecule has 9 heteroatoms. The van der Waals surface area contributed by atoms with Crippen LogP contribution in [-0.2, 0) is 0 Å². The first-order valence-electron chi connectivity index (χ1n) is 10.1. The molecule has 32 heavy (non-hydrogen) atoms. The van der Waals surface area contributed by atoms with Gasteiger partial charge in [0, 0.05) is 24.7 Å². The molecule has 0 N–H and O–H groups in total. The number of ether oxygens (including phenoxy) is 1. The maximum absolute atomic E-state index is 12.8. The number of likely N-dealkylation sites (tertiary alicyclic amines) is 1. The molecule has 1 aliphatic rings. The Balaban J connectivity index is 1.32. The van der Waals surface area contributed by atoms with Crippen LogP contribution in [0.25, 0.3) is 16.9 Å². The van der Waals surface area contributed by atoms with E-state index in [0.717, 1.165) is 11.3 Å². The largest absolute Gasteiger partial charge is 0.496 e. The third-order valence-electron chi connectivity index (χ3n) is 5.40. The van der Waals surface area contributed by atoms with Crippen LogP contribution in [0.2, 0.25) is 0 Å². The lowest BCUT2D eigenvalue weighted by atomic mass is 10.1. The molecule has 0 atom stereocenters. The third-order valence-corrected chi connectivity index (χ3v) is 5.40. The first kappa shape index (κ1) is 19.7. The Morgan fingerprint density at radius 3 is 2.50 bits per heavy atom. The van der Waals surface area contributed by atoms with E-state index in [4.69, 9.17) is 4.74 Å². The molecule has 1 amide bonds. The van der Waals surface area contributed by atoms with E-state index >= 15 is 0 Å². The van der Waals surface area contributed by atoms with Gasteiger partial charge in [0.2, 0.25) is 0 Å². The van der Waals surface area contributed by atoms with Crippen LogP contribution in [0.15, 0.2) is 77.7 Å². The molecule has 2 aromatic heterocycles. The molecule has 1 aliphatic heterocycles. The number of carbonyl (C=O) groups is 1. The summed E-state index contributed by atoms with van der Waals surface area (Å²) in [5.74, 6) is 0.453. The van der Waals surface area contributed by atoms with Crippen LogP contribution in [0, 0.1) is 0 Å². The van der Waals surface area contributed by atoms with Gasteiger partial charge in [0.05, 0.1) is 30.7 Å². The van der Waals surface area contributed by atoms with Crippen molar-refractivity contribution in [3.63, 3.8) is 0 Å². The van der Waals surface area contributed by atoms with Gasteiger partial charge in [-0.15, -0.1) is 5.10 Å². The zero-order valence-electron chi connectivity index (χ0n) is 17.3. The highest BCUT2D eigenvalue weighted by Crippen LogP contribution is 2.28. The zero-order chi connectivity index (χ0) is 22.1. The first-order valence-corrected chi connectivity index (χ1v) is 10.1. The number of para-hydroxylation sites is 2. The number of methoxy groups -OCH3 is 1. The van der Waals surface area contributed by atoms with Gasteiger partial charge in [-0.25, -0.2) is 4.68 Å². The second kappa shape index (κ2) is 8.10. The fourth-order valence-electron chi connectivity index (χ4n) is 3.67. The molecule has 0 aliphatic carbocycles. The summed E-state index contributed by atoms with van der Waals surface area (Å²) in [6.07, 6.45) is 1.45. The molecule has 0 saturated carbocycles. The highest BCUT2D eigenvalue weighted by atomic mass is 16.5. The molecule has 1 saturated heterocycles. The number of benzene rings is 2. The van der Waals surface area contributed by atoms with Crippen molar-refractivity contribution in [1.82, 2.24) is 29.7 Å². The Morgan fingerprint density at radius 2 is 1.72 bits per heavy atom. The minimum Gasteiger partial charge on any atom is -0.496 e. The minimum atomic E-state index is -0.225. The van der Waals surface area contributed by atoms with Gasteiger partial charge in [-0.1, -0.05) is 30.3 Å². The molecule has 4 aromatic rings.